The van der Waals surface area contributed by atoms with Crippen molar-refractivity contribution in [1.82, 2.24) is 9.78 Å². The van der Waals surface area contributed by atoms with Gasteiger partial charge in [0, 0.05) is 16.7 Å². The molecule has 1 aromatic carbocycles. The number of nitriles is 1. The third kappa shape index (κ3) is 3.36. The number of nitrogens with one attached hydrogen (secondary N) is 1. The standard InChI is InChI=1S/C17H17ClN4O2/c1-11-9-16(22(21-11)7-2-6-19)20-17(23)13-5-8-24-15-4-3-12(18)10-14(13)15/h3-4,9-10,13H,2,5,7-8H2,1H3,(H,20,23)/t13-/m1/s1. The van der Waals surface area contributed by atoms with E-state index in [9.17, 15) is 4.79 Å². The van der Waals surface area contributed by atoms with Gasteiger partial charge in [0.2, 0.25) is 5.91 Å². The highest BCUT2D eigenvalue weighted by Gasteiger charge is 2.28. The summed E-state index contributed by atoms with van der Waals surface area (Å²) >= 11 is 6.06. The van der Waals surface area contributed by atoms with E-state index in [0.29, 0.717) is 42.6 Å². The minimum Gasteiger partial charge on any atom is -0.493 e. The number of amides is 1. The highest BCUT2D eigenvalue weighted by molar-refractivity contribution is 6.30. The molecule has 0 spiro atoms. The van der Waals surface area contributed by atoms with Gasteiger partial charge in [0.25, 0.3) is 0 Å². The Bertz CT molecular complexity index is 809. The molecule has 0 saturated heterocycles. The Morgan fingerprint density at radius 3 is 3.17 bits per heavy atom. The largest absolute Gasteiger partial charge is 0.493 e. The molecule has 1 atom stereocenters. The fraction of sp³-hybridized carbons (Fsp3) is 0.353. The number of halogens is 1. The SMILES string of the molecule is Cc1cc(NC(=O)[C@@H]2CCOc3ccc(Cl)cc32)n(CCC#N)n1. The molecule has 3 rings (SSSR count). The number of aryl methyl sites for hydroxylation is 2. The summed E-state index contributed by atoms with van der Waals surface area (Å²) in [7, 11) is 0. The number of carbonyl (C=O) groups is 1. The van der Waals surface area contributed by atoms with E-state index >= 15 is 0 Å². The van der Waals surface area contributed by atoms with Crippen LogP contribution in [0.15, 0.2) is 24.3 Å². The van der Waals surface area contributed by atoms with Crippen LogP contribution in [0.1, 0.15) is 30.0 Å². The second-order valence-electron chi connectivity index (χ2n) is 5.66. The third-order valence-corrected chi connectivity index (χ3v) is 4.15. The van der Waals surface area contributed by atoms with E-state index in [4.69, 9.17) is 21.6 Å². The fourth-order valence-corrected chi connectivity index (χ4v) is 3.00. The first-order valence-corrected chi connectivity index (χ1v) is 8.11. The first-order chi connectivity index (χ1) is 11.6. The van der Waals surface area contributed by atoms with Gasteiger partial charge in [0.05, 0.1) is 37.3 Å². The molecule has 0 bridgehead atoms. The zero-order chi connectivity index (χ0) is 17.1. The maximum absolute atomic E-state index is 12.8. The number of ether oxygens (including phenoxy) is 1. The molecule has 6 nitrogen and oxygen atoms in total. The molecule has 1 aliphatic rings. The second kappa shape index (κ2) is 6.93. The molecule has 0 fully saturated rings. The van der Waals surface area contributed by atoms with Crippen molar-refractivity contribution in [1.29, 1.82) is 5.26 Å². The highest BCUT2D eigenvalue weighted by atomic mass is 35.5. The lowest BCUT2D eigenvalue weighted by atomic mass is 9.92. The normalized spacial score (nSPS) is 16.0. The highest BCUT2D eigenvalue weighted by Crippen LogP contribution is 2.36. The van der Waals surface area contributed by atoms with Crippen LogP contribution in [-0.2, 0) is 11.3 Å². The first kappa shape index (κ1) is 16.3. The predicted octanol–water partition coefficient (Wildman–Crippen LogP) is 3.26. The number of hydrogen-bond acceptors (Lipinski definition) is 4. The zero-order valence-electron chi connectivity index (χ0n) is 13.3. The van der Waals surface area contributed by atoms with E-state index in [1.807, 2.05) is 6.92 Å². The number of rotatable bonds is 4. The van der Waals surface area contributed by atoms with Crippen molar-refractivity contribution in [3.8, 4) is 11.8 Å². The van der Waals surface area contributed by atoms with Crippen LogP contribution in [0.25, 0.3) is 0 Å². The molecule has 1 aromatic heterocycles. The van der Waals surface area contributed by atoms with Gasteiger partial charge in [-0.2, -0.15) is 10.4 Å². The van der Waals surface area contributed by atoms with E-state index in [-0.39, 0.29) is 11.8 Å². The molecule has 0 aliphatic carbocycles. The summed E-state index contributed by atoms with van der Waals surface area (Å²) in [6.45, 7) is 2.78. The molecule has 2 heterocycles. The summed E-state index contributed by atoms with van der Waals surface area (Å²) in [6, 6.07) is 9.20. The number of fused-ring (bicyclic) bond motifs is 1. The van der Waals surface area contributed by atoms with Gasteiger partial charge in [0.15, 0.2) is 0 Å². The molecule has 1 aliphatic heterocycles. The molecule has 7 heteroatoms. The molecule has 1 N–H and O–H groups in total. The molecule has 0 saturated carbocycles. The van der Waals surface area contributed by atoms with Gasteiger partial charge in [-0.1, -0.05) is 11.6 Å². The molecule has 1 amide bonds. The van der Waals surface area contributed by atoms with Crippen molar-refractivity contribution in [3.63, 3.8) is 0 Å². The van der Waals surface area contributed by atoms with Crippen LogP contribution in [0, 0.1) is 18.3 Å². The van der Waals surface area contributed by atoms with Crippen molar-refractivity contribution in [3.05, 3.63) is 40.5 Å². The Kier molecular flexibility index (Phi) is 4.72. The van der Waals surface area contributed by atoms with Gasteiger partial charge in [-0.25, -0.2) is 4.68 Å². The quantitative estimate of drug-likeness (QED) is 0.923. The Balaban J connectivity index is 1.82. The Labute approximate surface area is 145 Å². The van der Waals surface area contributed by atoms with Gasteiger partial charge < -0.3 is 10.1 Å². The number of hydrogen-bond donors (Lipinski definition) is 1. The lowest BCUT2D eigenvalue weighted by molar-refractivity contribution is -0.118. The predicted molar refractivity (Wildman–Crippen MR) is 90.1 cm³/mol. The van der Waals surface area contributed by atoms with E-state index in [0.717, 1.165) is 11.3 Å². The van der Waals surface area contributed by atoms with E-state index in [2.05, 4.69) is 16.5 Å². The maximum Gasteiger partial charge on any atom is 0.233 e. The van der Waals surface area contributed by atoms with Crippen LogP contribution in [0.2, 0.25) is 5.02 Å². The summed E-state index contributed by atoms with van der Waals surface area (Å²) in [4.78, 5) is 12.8. The average molecular weight is 345 g/mol. The van der Waals surface area contributed by atoms with Crippen molar-refractivity contribution < 1.29 is 9.53 Å². The van der Waals surface area contributed by atoms with Crippen LogP contribution in [0.4, 0.5) is 5.82 Å². The van der Waals surface area contributed by atoms with Crippen molar-refractivity contribution in [2.75, 3.05) is 11.9 Å². The molecule has 2 aromatic rings. The van der Waals surface area contributed by atoms with Gasteiger partial charge in [-0.15, -0.1) is 0 Å². The number of carbonyl (C=O) groups excluding carboxylic acids is 1. The topological polar surface area (TPSA) is 79.9 Å². The second-order valence-corrected chi connectivity index (χ2v) is 6.10. The Morgan fingerprint density at radius 2 is 2.38 bits per heavy atom. The molecule has 0 radical (unpaired) electrons. The van der Waals surface area contributed by atoms with Crippen molar-refractivity contribution in [2.45, 2.75) is 32.2 Å². The number of nitrogens with zero attached hydrogens (tertiary/aromatic N) is 3. The fourth-order valence-electron chi connectivity index (χ4n) is 2.82. The van der Waals surface area contributed by atoms with Gasteiger partial charge >= 0.3 is 0 Å². The average Bonchev–Trinajstić information content (AvgIpc) is 2.91. The van der Waals surface area contributed by atoms with Gasteiger partial charge in [-0.3, -0.25) is 4.79 Å². The van der Waals surface area contributed by atoms with E-state index in [1.165, 1.54) is 0 Å². The molecule has 24 heavy (non-hydrogen) atoms. The summed E-state index contributed by atoms with van der Waals surface area (Å²) < 4.78 is 7.25. The maximum atomic E-state index is 12.8. The number of aromatic nitrogens is 2. The van der Waals surface area contributed by atoms with Gasteiger partial charge in [-0.05, 0) is 31.5 Å². The van der Waals surface area contributed by atoms with Crippen LogP contribution < -0.4 is 10.1 Å². The number of benzene rings is 1. The zero-order valence-corrected chi connectivity index (χ0v) is 14.0. The first-order valence-electron chi connectivity index (χ1n) is 7.73. The monoisotopic (exact) mass is 344 g/mol. The van der Waals surface area contributed by atoms with Crippen LogP contribution >= 0.6 is 11.6 Å². The molecule has 124 valence electrons. The molecule has 0 unspecified atom stereocenters. The summed E-state index contributed by atoms with van der Waals surface area (Å²) in [5, 5.41) is 16.6. The Morgan fingerprint density at radius 1 is 1.54 bits per heavy atom. The lowest BCUT2D eigenvalue weighted by Crippen LogP contribution is -2.27. The Hall–Kier alpha value is -2.52. The summed E-state index contributed by atoms with van der Waals surface area (Å²) in [5.74, 6) is 0.842. The smallest absolute Gasteiger partial charge is 0.233 e. The van der Waals surface area contributed by atoms with E-state index in [1.54, 1.807) is 28.9 Å². The van der Waals surface area contributed by atoms with Crippen LogP contribution in [0.5, 0.6) is 5.75 Å². The minimum absolute atomic E-state index is 0.125. The van der Waals surface area contributed by atoms with E-state index < -0.39 is 0 Å². The third-order valence-electron chi connectivity index (χ3n) is 3.92. The van der Waals surface area contributed by atoms with Crippen molar-refractivity contribution in [2.24, 2.45) is 0 Å². The molecular formula is C17H17ClN4O2. The van der Waals surface area contributed by atoms with Crippen LogP contribution in [0.3, 0.4) is 0 Å². The summed E-state index contributed by atoms with van der Waals surface area (Å²) in [5.41, 5.74) is 1.59. The lowest BCUT2D eigenvalue weighted by Gasteiger charge is -2.25. The van der Waals surface area contributed by atoms with Crippen LogP contribution in [-0.4, -0.2) is 22.3 Å². The van der Waals surface area contributed by atoms with Gasteiger partial charge in [0.1, 0.15) is 11.6 Å². The minimum atomic E-state index is -0.327. The van der Waals surface area contributed by atoms with Crippen molar-refractivity contribution >= 4 is 23.3 Å². The number of anilines is 1. The summed E-state index contributed by atoms with van der Waals surface area (Å²) in [6.07, 6.45) is 0.921. The molecular weight excluding hydrogens is 328 g/mol.